The summed E-state index contributed by atoms with van der Waals surface area (Å²) in [5, 5.41) is 5.90. The lowest BCUT2D eigenvalue weighted by atomic mass is 10.1. The maximum atomic E-state index is 11.4. The Morgan fingerprint density at radius 2 is 1.95 bits per heavy atom. The summed E-state index contributed by atoms with van der Waals surface area (Å²) in [5.41, 5.74) is 3.91. The Bertz CT molecular complexity index is 564. The molecule has 2 N–H and O–H groups in total. The molecule has 1 aromatic carbocycles. The van der Waals surface area contributed by atoms with Gasteiger partial charge in [0.15, 0.2) is 0 Å². The van der Waals surface area contributed by atoms with Gasteiger partial charge in [-0.15, -0.1) is 0 Å². The monoisotopic (exact) mass is 255 g/mol. The van der Waals surface area contributed by atoms with E-state index < -0.39 is 0 Å². The Kier molecular flexibility index (Phi) is 4.13. The zero-order valence-corrected chi connectivity index (χ0v) is 11.1. The first-order valence-electron chi connectivity index (χ1n) is 6.15. The van der Waals surface area contributed by atoms with Crippen molar-refractivity contribution in [1.82, 2.24) is 10.3 Å². The molecule has 4 heteroatoms. The number of benzene rings is 1. The molecule has 1 heterocycles. The van der Waals surface area contributed by atoms with Gasteiger partial charge in [0.05, 0.1) is 5.69 Å². The highest BCUT2D eigenvalue weighted by atomic mass is 16.1. The summed E-state index contributed by atoms with van der Waals surface area (Å²) >= 11 is 0. The number of pyridine rings is 1. The first-order valence-corrected chi connectivity index (χ1v) is 6.15. The van der Waals surface area contributed by atoms with Crippen LogP contribution in [0.1, 0.15) is 21.5 Å². The van der Waals surface area contributed by atoms with Gasteiger partial charge in [-0.1, -0.05) is 12.1 Å². The number of hydrogen-bond acceptors (Lipinski definition) is 3. The van der Waals surface area contributed by atoms with Crippen LogP contribution in [0.25, 0.3) is 0 Å². The predicted octanol–water partition coefficient (Wildman–Crippen LogP) is 2.36. The minimum atomic E-state index is -0.0672. The van der Waals surface area contributed by atoms with Crippen LogP contribution in [0.3, 0.4) is 0 Å². The van der Waals surface area contributed by atoms with Crippen LogP contribution >= 0.6 is 0 Å². The predicted molar refractivity (Wildman–Crippen MR) is 76.1 cm³/mol. The van der Waals surface area contributed by atoms with Crippen LogP contribution in [0.2, 0.25) is 0 Å². The smallest absolute Gasteiger partial charge is 0.251 e. The molecule has 1 aromatic heterocycles. The summed E-state index contributed by atoms with van der Waals surface area (Å²) in [5.74, 6) is -0.0672. The largest absolute Gasteiger partial charge is 0.380 e. The fourth-order valence-electron chi connectivity index (χ4n) is 1.77. The number of hydrogen-bond donors (Lipinski definition) is 2. The van der Waals surface area contributed by atoms with Crippen molar-refractivity contribution in [3.05, 3.63) is 59.4 Å². The van der Waals surface area contributed by atoms with Gasteiger partial charge in [-0.05, 0) is 36.2 Å². The molecule has 0 fully saturated rings. The van der Waals surface area contributed by atoms with E-state index in [2.05, 4.69) is 15.6 Å². The summed E-state index contributed by atoms with van der Waals surface area (Å²) in [6.45, 7) is 2.72. The van der Waals surface area contributed by atoms with Crippen LogP contribution < -0.4 is 10.6 Å². The SMILES string of the molecule is CNC(=O)c1ccc(CNc2cncc(C)c2)cc1. The molecule has 19 heavy (non-hydrogen) atoms. The Morgan fingerprint density at radius 3 is 2.58 bits per heavy atom. The van der Waals surface area contributed by atoms with Crippen molar-refractivity contribution in [2.45, 2.75) is 13.5 Å². The number of nitrogens with zero attached hydrogens (tertiary/aromatic N) is 1. The van der Waals surface area contributed by atoms with Crippen molar-refractivity contribution in [1.29, 1.82) is 0 Å². The van der Waals surface area contributed by atoms with E-state index in [1.54, 1.807) is 13.2 Å². The zero-order valence-electron chi connectivity index (χ0n) is 11.1. The minimum Gasteiger partial charge on any atom is -0.380 e. The lowest BCUT2D eigenvalue weighted by molar-refractivity contribution is 0.0963. The molecule has 0 unspecified atom stereocenters. The topological polar surface area (TPSA) is 54.0 Å². The molecule has 0 atom stereocenters. The fraction of sp³-hybridized carbons (Fsp3) is 0.200. The summed E-state index contributed by atoms with van der Waals surface area (Å²) < 4.78 is 0. The molecular formula is C15H17N3O. The molecule has 0 saturated heterocycles. The van der Waals surface area contributed by atoms with Crippen molar-refractivity contribution in [2.75, 3.05) is 12.4 Å². The van der Waals surface area contributed by atoms with E-state index >= 15 is 0 Å². The average Bonchev–Trinajstić information content (AvgIpc) is 2.45. The lowest BCUT2D eigenvalue weighted by Crippen LogP contribution is -2.17. The van der Waals surface area contributed by atoms with E-state index in [-0.39, 0.29) is 5.91 Å². The first kappa shape index (κ1) is 13.1. The van der Waals surface area contributed by atoms with Gasteiger partial charge in [-0.25, -0.2) is 0 Å². The number of aryl methyl sites for hydroxylation is 1. The van der Waals surface area contributed by atoms with Gasteiger partial charge in [0.2, 0.25) is 0 Å². The number of anilines is 1. The molecule has 2 rings (SSSR count). The average molecular weight is 255 g/mol. The maximum absolute atomic E-state index is 11.4. The van der Waals surface area contributed by atoms with Crippen LogP contribution in [0.4, 0.5) is 5.69 Å². The Balaban J connectivity index is 1.98. The quantitative estimate of drug-likeness (QED) is 0.881. The second kappa shape index (κ2) is 6.00. The fourth-order valence-corrected chi connectivity index (χ4v) is 1.77. The molecule has 98 valence electrons. The van der Waals surface area contributed by atoms with Gasteiger partial charge >= 0.3 is 0 Å². The minimum absolute atomic E-state index is 0.0672. The lowest BCUT2D eigenvalue weighted by Gasteiger charge is -2.07. The zero-order chi connectivity index (χ0) is 13.7. The Morgan fingerprint density at radius 1 is 1.21 bits per heavy atom. The van der Waals surface area contributed by atoms with Crippen molar-refractivity contribution in [2.24, 2.45) is 0 Å². The molecule has 1 amide bonds. The second-order valence-corrected chi connectivity index (χ2v) is 4.38. The van der Waals surface area contributed by atoms with Crippen molar-refractivity contribution in [3.63, 3.8) is 0 Å². The van der Waals surface area contributed by atoms with Crippen molar-refractivity contribution >= 4 is 11.6 Å². The van der Waals surface area contributed by atoms with Crippen LogP contribution in [0, 0.1) is 6.92 Å². The number of rotatable bonds is 4. The van der Waals surface area contributed by atoms with Gasteiger partial charge in [-0.2, -0.15) is 0 Å². The van der Waals surface area contributed by atoms with Crippen molar-refractivity contribution < 1.29 is 4.79 Å². The third-order valence-electron chi connectivity index (χ3n) is 2.81. The number of nitrogens with one attached hydrogen (secondary N) is 2. The molecule has 0 aliphatic rings. The maximum Gasteiger partial charge on any atom is 0.251 e. The van der Waals surface area contributed by atoms with E-state index in [9.17, 15) is 4.79 Å². The van der Waals surface area contributed by atoms with Crippen molar-refractivity contribution in [3.8, 4) is 0 Å². The molecule has 0 spiro atoms. The summed E-state index contributed by atoms with van der Waals surface area (Å²) in [6.07, 6.45) is 3.62. The molecule has 0 radical (unpaired) electrons. The molecule has 0 aliphatic carbocycles. The number of carbonyl (C=O) groups is 1. The Hall–Kier alpha value is -2.36. The third kappa shape index (κ3) is 3.55. The molecule has 0 bridgehead atoms. The number of amides is 1. The van der Waals surface area contributed by atoms with Gasteiger partial charge in [0.1, 0.15) is 0 Å². The van der Waals surface area contributed by atoms with Gasteiger partial charge in [0, 0.05) is 31.5 Å². The van der Waals surface area contributed by atoms with Crippen LogP contribution in [0.15, 0.2) is 42.7 Å². The molecule has 0 saturated carbocycles. The molecular weight excluding hydrogens is 238 g/mol. The highest BCUT2D eigenvalue weighted by Gasteiger charge is 2.02. The van der Waals surface area contributed by atoms with E-state index in [0.717, 1.165) is 16.8 Å². The highest BCUT2D eigenvalue weighted by molar-refractivity contribution is 5.93. The second-order valence-electron chi connectivity index (χ2n) is 4.38. The molecule has 2 aromatic rings. The summed E-state index contributed by atoms with van der Waals surface area (Å²) in [4.78, 5) is 15.5. The van der Waals surface area contributed by atoms with Gasteiger partial charge < -0.3 is 10.6 Å². The number of carbonyl (C=O) groups excluding carboxylic acids is 1. The van der Waals surface area contributed by atoms with Crippen LogP contribution in [-0.4, -0.2) is 17.9 Å². The highest BCUT2D eigenvalue weighted by Crippen LogP contribution is 2.10. The number of aromatic nitrogens is 1. The third-order valence-corrected chi connectivity index (χ3v) is 2.81. The Labute approximate surface area is 112 Å². The molecule has 0 aliphatic heterocycles. The van der Waals surface area contributed by atoms with Crippen LogP contribution in [0.5, 0.6) is 0 Å². The van der Waals surface area contributed by atoms with E-state index in [1.165, 1.54) is 0 Å². The van der Waals surface area contributed by atoms with Gasteiger partial charge in [-0.3, -0.25) is 9.78 Å². The molecule has 4 nitrogen and oxygen atoms in total. The van der Waals surface area contributed by atoms with E-state index in [1.807, 2.05) is 43.5 Å². The van der Waals surface area contributed by atoms with Gasteiger partial charge in [0.25, 0.3) is 5.91 Å². The first-order chi connectivity index (χ1) is 9.19. The summed E-state index contributed by atoms with van der Waals surface area (Å²) in [7, 11) is 1.63. The van der Waals surface area contributed by atoms with E-state index in [4.69, 9.17) is 0 Å². The standard InChI is InChI=1S/C15H17N3O/c1-11-7-14(10-17-8-11)18-9-12-3-5-13(6-4-12)15(19)16-2/h3-8,10,18H,9H2,1-2H3,(H,16,19). The van der Waals surface area contributed by atoms with E-state index in [0.29, 0.717) is 12.1 Å². The summed E-state index contributed by atoms with van der Waals surface area (Å²) in [6, 6.07) is 9.59. The normalized spacial score (nSPS) is 10.0. The van der Waals surface area contributed by atoms with Crippen LogP contribution in [-0.2, 0) is 6.54 Å².